The molecule has 0 spiro atoms. The zero-order chi connectivity index (χ0) is 20.9. The molecule has 3 rings (SSSR count). The molecule has 1 N–H and O–H groups in total. The van der Waals surface area contributed by atoms with Gasteiger partial charge < -0.3 is 10.1 Å². The first-order valence-corrected chi connectivity index (χ1v) is 11.9. The lowest BCUT2D eigenvalue weighted by atomic mass is 10.2. The Morgan fingerprint density at radius 2 is 1.83 bits per heavy atom. The molecular formula is C21H25BrN2O4S. The first-order chi connectivity index (χ1) is 13.9. The minimum Gasteiger partial charge on any atom is -0.495 e. The summed E-state index contributed by atoms with van der Waals surface area (Å²) in [7, 11) is -2.30. The van der Waals surface area contributed by atoms with Gasteiger partial charge in [-0.15, -0.1) is 0 Å². The second-order valence-corrected chi connectivity index (χ2v) is 9.82. The van der Waals surface area contributed by atoms with Crippen LogP contribution < -0.4 is 10.1 Å². The van der Waals surface area contributed by atoms with E-state index >= 15 is 0 Å². The van der Waals surface area contributed by atoms with Crippen LogP contribution in [0.5, 0.6) is 5.75 Å². The van der Waals surface area contributed by atoms with Crippen molar-refractivity contribution in [3.8, 4) is 5.75 Å². The topological polar surface area (TPSA) is 75.7 Å². The highest BCUT2D eigenvalue weighted by molar-refractivity contribution is 9.10. The Morgan fingerprint density at radius 3 is 2.48 bits per heavy atom. The Labute approximate surface area is 180 Å². The van der Waals surface area contributed by atoms with Crippen LogP contribution in [-0.4, -0.2) is 38.8 Å². The molecule has 1 amide bonds. The van der Waals surface area contributed by atoms with Gasteiger partial charge in [0.1, 0.15) is 10.6 Å². The number of nitrogens with zero attached hydrogens (tertiary/aromatic N) is 1. The third-order valence-electron chi connectivity index (χ3n) is 4.95. The van der Waals surface area contributed by atoms with Gasteiger partial charge in [0, 0.05) is 29.7 Å². The molecule has 0 radical (unpaired) electrons. The summed E-state index contributed by atoms with van der Waals surface area (Å²) in [4.78, 5) is 12.7. The van der Waals surface area contributed by atoms with Crippen LogP contribution in [0.1, 0.15) is 41.6 Å². The average Bonchev–Trinajstić information content (AvgIpc) is 3.02. The number of methoxy groups -OCH3 is 1. The fourth-order valence-electron chi connectivity index (χ4n) is 3.37. The predicted molar refractivity (Wildman–Crippen MR) is 116 cm³/mol. The van der Waals surface area contributed by atoms with Gasteiger partial charge in [0.05, 0.1) is 7.11 Å². The summed E-state index contributed by atoms with van der Waals surface area (Å²) in [5.41, 5.74) is 1.23. The van der Waals surface area contributed by atoms with Crippen LogP contribution in [-0.2, 0) is 16.6 Å². The van der Waals surface area contributed by atoms with Crippen LogP contribution in [0.2, 0.25) is 0 Å². The largest absolute Gasteiger partial charge is 0.495 e. The molecule has 1 fully saturated rings. The maximum atomic E-state index is 13.2. The second kappa shape index (κ2) is 9.73. The zero-order valence-electron chi connectivity index (χ0n) is 16.4. The molecule has 0 aliphatic carbocycles. The molecule has 6 nitrogen and oxygen atoms in total. The van der Waals surface area contributed by atoms with Crippen LogP contribution in [0.3, 0.4) is 0 Å². The number of carbonyl (C=O) groups is 1. The lowest BCUT2D eigenvalue weighted by Gasteiger charge is -2.21. The molecule has 0 unspecified atom stereocenters. The number of sulfonamides is 1. The Kier molecular flexibility index (Phi) is 7.32. The van der Waals surface area contributed by atoms with Crippen molar-refractivity contribution in [2.45, 2.75) is 37.1 Å². The fourth-order valence-corrected chi connectivity index (χ4v) is 5.52. The molecule has 29 heavy (non-hydrogen) atoms. The van der Waals surface area contributed by atoms with Crippen LogP contribution >= 0.6 is 15.9 Å². The van der Waals surface area contributed by atoms with Crippen LogP contribution in [0.25, 0.3) is 0 Å². The maximum absolute atomic E-state index is 13.2. The smallest absolute Gasteiger partial charge is 0.251 e. The maximum Gasteiger partial charge on any atom is 0.251 e. The number of benzene rings is 2. The number of hydrogen-bond donors (Lipinski definition) is 1. The summed E-state index contributed by atoms with van der Waals surface area (Å²) in [6.07, 6.45) is 3.74. The van der Waals surface area contributed by atoms with Crippen LogP contribution in [0.4, 0.5) is 0 Å². The molecule has 1 saturated heterocycles. The van der Waals surface area contributed by atoms with E-state index in [0.29, 0.717) is 19.6 Å². The molecule has 1 heterocycles. The van der Waals surface area contributed by atoms with Crippen molar-refractivity contribution in [3.63, 3.8) is 0 Å². The van der Waals surface area contributed by atoms with Gasteiger partial charge in [-0.3, -0.25) is 4.79 Å². The van der Waals surface area contributed by atoms with Gasteiger partial charge in [0.2, 0.25) is 10.0 Å². The third-order valence-corrected chi connectivity index (χ3v) is 7.36. The van der Waals surface area contributed by atoms with Gasteiger partial charge in [-0.25, -0.2) is 8.42 Å². The Hall–Kier alpha value is -1.90. The highest BCUT2D eigenvalue weighted by Gasteiger charge is 2.29. The van der Waals surface area contributed by atoms with E-state index in [1.165, 1.54) is 17.5 Å². The highest BCUT2D eigenvalue weighted by atomic mass is 79.9. The van der Waals surface area contributed by atoms with Crippen molar-refractivity contribution in [2.75, 3.05) is 20.2 Å². The Balaban J connectivity index is 1.83. The number of amides is 1. The third kappa shape index (κ3) is 5.38. The summed E-state index contributed by atoms with van der Waals surface area (Å²) < 4.78 is 34.2. The first-order valence-electron chi connectivity index (χ1n) is 9.62. The van der Waals surface area contributed by atoms with E-state index in [0.717, 1.165) is 35.7 Å². The zero-order valence-corrected chi connectivity index (χ0v) is 18.8. The van der Waals surface area contributed by atoms with Crippen molar-refractivity contribution in [1.82, 2.24) is 9.62 Å². The van der Waals surface area contributed by atoms with E-state index in [2.05, 4.69) is 21.2 Å². The molecule has 1 aliphatic rings. The summed E-state index contributed by atoms with van der Waals surface area (Å²) in [5.74, 6) is -0.0854. The van der Waals surface area contributed by atoms with Crippen molar-refractivity contribution >= 4 is 31.9 Å². The molecule has 156 valence electrons. The first kappa shape index (κ1) is 21.8. The predicted octanol–water partition coefficient (Wildman–Crippen LogP) is 3.95. The highest BCUT2D eigenvalue weighted by Crippen LogP contribution is 2.29. The molecule has 0 aromatic heterocycles. The van der Waals surface area contributed by atoms with E-state index in [1.807, 2.05) is 24.3 Å². The Morgan fingerprint density at radius 1 is 1.10 bits per heavy atom. The monoisotopic (exact) mass is 480 g/mol. The molecular weight excluding hydrogens is 456 g/mol. The van der Waals surface area contributed by atoms with Gasteiger partial charge >= 0.3 is 0 Å². The minimum absolute atomic E-state index is 0.0389. The number of ether oxygens (including phenoxy) is 1. The number of hydrogen-bond acceptors (Lipinski definition) is 4. The van der Waals surface area contributed by atoms with Gasteiger partial charge in [0.25, 0.3) is 5.91 Å². The van der Waals surface area contributed by atoms with E-state index in [9.17, 15) is 13.2 Å². The second-order valence-electron chi connectivity index (χ2n) is 7.00. The van der Waals surface area contributed by atoms with Crippen molar-refractivity contribution in [2.24, 2.45) is 0 Å². The number of nitrogens with one attached hydrogen (secondary N) is 1. The van der Waals surface area contributed by atoms with E-state index in [1.54, 1.807) is 12.1 Å². The lowest BCUT2D eigenvalue weighted by Crippen LogP contribution is -2.32. The molecule has 2 aromatic rings. The van der Waals surface area contributed by atoms with Crippen molar-refractivity contribution < 1.29 is 17.9 Å². The number of halogens is 1. The quantitative estimate of drug-likeness (QED) is 0.678. The number of carbonyl (C=O) groups excluding carboxylic acids is 1. The summed E-state index contributed by atoms with van der Waals surface area (Å²) in [5, 5.41) is 2.84. The van der Waals surface area contributed by atoms with Crippen molar-refractivity contribution in [1.29, 1.82) is 0 Å². The van der Waals surface area contributed by atoms with E-state index < -0.39 is 10.0 Å². The van der Waals surface area contributed by atoms with E-state index in [4.69, 9.17) is 4.74 Å². The fraction of sp³-hybridized carbons (Fsp3) is 0.381. The SMILES string of the molecule is COc1ccc(C(=O)NCc2cccc(Br)c2)cc1S(=O)(=O)N1CCCCCC1. The average molecular weight is 481 g/mol. The van der Waals surface area contributed by atoms with Crippen LogP contribution in [0.15, 0.2) is 51.8 Å². The van der Waals surface area contributed by atoms with Crippen molar-refractivity contribution in [3.05, 3.63) is 58.1 Å². The lowest BCUT2D eigenvalue weighted by molar-refractivity contribution is 0.0950. The molecule has 8 heteroatoms. The van der Waals surface area contributed by atoms with Gasteiger partial charge in [-0.1, -0.05) is 40.9 Å². The van der Waals surface area contributed by atoms with Gasteiger partial charge in [-0.05, 0) is 48.7 Å². The Bertz CT molecular complexity index is 970. The minimum atomic E-state index is -3.73. The normalized spacial score (nSPS) is 15.5. The summed E-state index contributed by atoms with van der Waals surface area (Å²) in [6.45, 7) is 1.33. The van der Waals surface area contributed by atoms with E-state index in [-0.39, 0.29) is 22.1 Å². The molecule has 0 bridgehead atoms. The summed E-state index contributed by atoms with van der Waals surface area (Å²) in [6, 6.07) is 12.2. The molecule has 0 atom stereocenters. The van der Waals surface area contributed by atoms with Gasteiger partial charge in [0.15, 0.2) is 0 Å². The molecule has 0 saturated carbocycles. The summed E-state index contributed by atoms with van der Waals surface area (Å²) >= 11 is 3.41. The standard InChI is InChI=1S/C21H25BrN2O4S/c1-28-19-10-9-17(21(25)23-15-16-7-6-8-18(22)13-16)14-20(19)29(26,27)24-11-4-2-3-5-12-24/h6-10,13-14H,2-5,11-12,15H2,1H3,(H,23,25). The molecule has 2 aromatic carbocycles. The van der Waals surface area contributed by atoms with Crippen LogP contribution in [0, 0.1) is 0 Å². The molecule has 1 aliphatic heterocycles. The number of rotatable bonds is 6. The van der Waals surface area contributed by atoms with Gasteiger partial charge in [-0.2, -0.15) is 4.31 Å².